The number of hydrogen-bond donors (Lipinski definition) is 3. The van der Waals surface area contributed by atoms with Gasteiger partial charge in [-0.15, -0.1) is 0 Å². The number of nitrogens with one attached hydrogen (secondary N) is 2. The molecule has 0 radical (unpaired) electrons. The van der Waals surface area contributed by atoms with Crippen LogP contribution in [0.15, 0.2) is 24.3 Å². The van der Waals surface area contributed by atoms with Crippen molar-refractivity contribution in [1.29, 1.82) is 0 Å². The molecule has 2 unspecified atom stereocenters. The van der Waals surface area contributed by atoms with Crippen LogP contribution in [0.3, 0.4) is 0 Å². The van der Waals surface area contributed by atoms with Gasteiger partial charge in [0.25, 0.3) is 0 Å². The number of hydrogen-bond acceptors (Lipinski definition) is 2. The highest BCUT2D eigenvalue weighted by molar-refractivity contribution is 5.73. The van der Waals surface area contributed by atoms with Gasteiger partial charge >= 0.3 is 6.03 Å². The first-order valence-corrected chi connectivity index (χ1v) is 7.44. The summed E-state index contributed by atoms with van der Waals surface area (Å²) in [6, 6.07) is 8.36. The normalized spacial score (nSPS) is 19.0. The van der Waals surface area contributed by atoms with Gasteiger partial charge in [0.05, 0.1) is 6.10 Å². The van der Waals surface area contributed by atoms with E-state index in [0.29, 0.717) is 25.4 Å². The number of aryl methyl sites for hydroxylation is 1. The Balaban J connectivity index is 1.79. The molecule has 4 nitrogen and oxygen atoms in total. The van der Waals surface area contributed by atoms with Crippen molar-refractivity contribution in [2.75, 3.05) is 13.1 Å². The van der Waals surface area contributed by atoms with Crippen molar-refractivity contribution in [3.8, 4) is 0 Å². The van der Waals surface area contributed by atoms with Gasteiger partial charge in [0.1, 0.15) is 0 Å². The van der Waals surface area contributed by atoms with Crippen LogP contribution in [0.4, 0.5) is 4.79 Å². The van der Waals surface area contributed by atoms with Gasteiger partial charge in [-0.25, -0.2) is 4.79 Å². The summed E-state index contributed by atoms with van der Waals surface area (Å²) in [6.07, 6.45) is 3.67. The van der Waals surface area contributed by atoms with E-state index in [2.05, 4.69) is 34.9 Å². The summed E-state index contributed by atoms with van der Waals surface area (Å²) in [5.41, 5.74) is 2.79. The topological polar surface area (TPSA) is 61.4 Å². The Morgan fingerprint density at radius 2 is 2.20 bits per heavy atom. The smallest absolute Gasteiger partial charge is 0.314 e. The maximum absolute atomic E-state index is 11.7. The number of aliphatic hydroxyl groups excluding tert-OH is 1. The van der Waals surface area contributed by atoms with Gasteiger partial charge < -0.3 is 15.7 Å². The molecular weight excluding hydrogens is 252 g/mol. The predicted octanol–water partition coefficient (Wildman–Crippen LogP) is 2.18. The minimum Gasteiger partial charge on any atom is -0.393 e. The van der Waals surface area contributed by atoms with Crippen LogP contribution in [0.5, 0.6) is 0 Å². The Hall–Kier alpha value is -1.55. The molecule has 1 aromatic carbocycles. The standard InChI is InChI=1S/C16H24N2O2/c1-12(19)9-10-17-16(20)18-11-14-7-4-6-13-5-2-3-8-15(13)14/h2-3,5,8,12,14,19H,4,6-7,9-11H2,1H3,(H2,17,18,20). The van der Waals surface area contributed by atoms with E-state index in [1.165, 1.54) is 17.5 Å². The van der Waals surface area contributed by atoms with Gasteiger partial charge in [-0.1, -0.05) is 24.3 Å². The largest absolute Gasteiger partial charge is 0.393 e. The lowest BCUT2D eigenvalue weighted by atomic mass is 9.83. The maximum atomic E-state index is 11.7. The zero-order valence-electron chi connectivity index (χ0n) is 12.1. The molecule has 0 aliphatic heterocycles. The Bertz CT molecular complexity index is 446. The molecule has 0 saturated carbocycles. The zero-order valence-corrected chi connectivity index (χ0v) is 12.1. The quantitative estimate of drug-likeness (QED) is 0.772. The number of rotatable bonds is 5. The molecule has 2 amide bonds. The minimum atomic E-state index is -0.375. The van der Waals surface area contributed by atoms with Crippen molar-refractivity contribution in [3.63, 3.8) is 0 Å². The second-order valence-corrected chi connectivity index (χ2v) is 5.56. The predicted molar refractivity (Wildman–Crippen MR) is 79.8 cm³/mol. The fraction of sp³-hybridized carbons (Fsp3) is 0.562. The molecule has 1 aliphatic rings. The van der Waals surface area contributed by atoms with Crippen molar-refractivity contribution < 1.29 is 9.90 Å². The monoisotopic (exact) mass is 276 g/mol. The second kappa shape index (κ2) is 7.29. The average Bonchev–Trinajstić information content (AvgIpc) is 2.44. The van der Waals surface area contributed by atoms with Crippen molar-refractivity contribution in [1.82, 2.24) is 10.6 Å². The number of carbonyl (C=O) groups excluding carboxylic acids is 1. The lowest BCUT2D eigenvalue weighted by Crippen LogP contribution is -2.39. The van der Waals surface area contributed by atoms with E-state index < -0.39 is 0 Å². The summed E-state index contributed by atoms with van der Waals surface area (Å²) in [5.74, 6) is 0.419. The minimum absolute atomic E-state index is 0.145. The van der Waals surface area contributed by atoms with E-state index in [-0.39, 0.29) is 12.1 Å². The number of fused-ring (bicyclic) bond motifs is 1. The van der Waals surface area contributed by atoms with Crippen LogP contribution >= 0.6 is 0 Å². The van der Waals surface area contributed by atoms with Crippen LogP contribution in [0, 0.1) is 0 Å². The van der Waals surface area contributed by atoms with Gasteiger partial charge in [0.15, 0.2) is 0 Å². The van der Waals surface area contributed by atoms with Gasteiger partial charge in [-0.3, -0.25) is 0 Å². The summed E-state index contributed by atoms with van der Waals surface area (Å²) in [4.78, 5) is 11.7. The molecule has 2 rings (SSSR count). The van der Waals surface area contributed by atoms with Crippen LogP contribution in [0.25, 0.3) is 0 Å². The molecule has 1 aliphatic carbocycles. The van der Waals surface area contributed by atoms with Gasteiger partial charge in [-0.05, 0) is 43.7 Å². The first kappa shape index (κ1) is 14.9. The van der Waals surface area contributed by atoms with Crippen LogP contribution in [0.2, 0.25) is 0 Å². The van der Waals surface area contributed by atoms with Crippen LogP contribution in [-0.2, 0) is 6.42 Å². The fourth-order valence-electron chi connectivity index (χ4n) is 2.74. The molecular formula is C16H24N2O2. The first-order chi connectivity index (χ1) is 9.66. The summed E-state index contributed by atoms with van der Waals surface area (Å²) in [6.45, 7) is 2.90. The number of urea groups is 1. The molecule has 2 atom stereocenters. The van der Waals surface area contributed by atoms with Gasteiger partial charge in [0, 0.05) is 19.0 Å². The highest BCUT2D eigenvalue weighted by Crippen LogP contribution is 2.30. The molecule has 0 spiro atoms. The molecule has 0 heterocycles. The van der Waals surface area contributed by atoms with Crippen LogP contribution < -0.4 is 10.6 Å². The third-order valence-electron chi connectivity index (χ3n) is 3.85. The Morgan fingerprint density at radius 3 is 3.00 bits per heavy atom. The number of carbonyl (C=O) groups is 1. The lowest BCUT2D eigenvalue weighted by Gasteiger charge is -2.25. The molecule has 20 heavy (non-hydrogen) atoms. The zero-order chi connectivity index (χ0) is 14.4. The summed E-state index contributed by atoms with van der Waals surface area (Å²) in [7, 11) is 0. The number of amides is 2. The van der Waals surface area contributed by atoms with Crippen LogP contribution in [0.1, 0.15) is 43.2 Å². The average molecular weight is 276 g/mol. The van der Waals surface area contributed by atoms with Crippen molar-refractivity contribution in [2.24, 2.45) is 0 Å². The van der Waals surface area contributed by atoms with Crippen molar-refractivity contribution in [2.45, 2.75) is 44.6 Å². The van der Waals surface area contributed by atoms with Crippen LogP contribution in [-0.4, -0.2) is 30.3 Å². The highest BCUT2D eigenvalue weighted by atomic mass is 16.3. The third kappa shape index (κ3) is 4.23. The van der Waals surface area contributed by atoms with Gasteiger partial charge in [0.2, 0.25) is 0 Å². The Labute approximate surface area is 120 Å². The Morgan fingerprint density at radius 1 is 1.40 bits per heavy atom. The maximum Gasteiger partial charge on any atom is 0.314 e. The summed E-state index contributed by atoms with van der Waals surface area (Å²) < 4.78 is 0. The van der Waals surface area contributed by atoms with Crippen molar-refractivity contribution in [3.05, 3.63) is 35.4 Å². The molecule has 110 valence electrons. The SMILES string of the molecule is CC(O)CCNC(=O)NCC1CCCc2ccccc21. The highest BCUT2D eigenvalue weighted by Gasteiger charge is 2.19. The first-order valence-electron chi connectivity index (χ1n) is 7.44. The van der Waals surface area contributed by atoms with E-state index in [4.69, 9.17) is 5.11 Å². The molecule has 0 fully saturated rings. The third-order valence-corrected chi connectivity index (χ3v) is 3.85. The molecule has 0 bridgehead atoms. The second-order valence-electron chi connectivity index (χ2n) is 5.56. The van der Waals surface area contributed by atoms with Crippen molar-refractivity contribution >= 4 is 6.03 Å². The number of benzene rings is 1. The molecule has 3 N–H and O–H groups in total. The van der Waals surface area contributed by atoms with Gasteiger partial charge in [-0.2, -0.15) is 0 Å². The molecule has 1 aromatic rings. The number of aliphatic hydroxyl groups is 1. The summed E-state index contributed by atoms with van der Waals surface area (Å²) in [5, 5.41) is 14.8. The molecule has 4 heteroatoms. The summed E-state index contributed by atoms with van der Waals surface area (Å²) >= 11 is 0. The molecule has 0 saturated heterocycles. The van der Waals surface area contributed by atoms with E-state index in [0.717, 1.165) is 12.8 Å². The Kier molecular flexibility index (Phi) is 5.41. The molecule has 0 aromatic heterocycles. The van der Waals surface area contributed by atoms with E-state index >= 15 is 0 Å². The fourth-order valence-corrected chi connectivity index (χ4v) is 2.74. The van der Waals surface area contributed by atoms with E-state index in [1.807, 2.05) is 0 Å². The van der Waals surface area contributed by atoms with E-state index in [9.17, 15) is 4.79 Å². The van der Waals surface area contributed by atoms with E-state index in [1.54, 1.807) is 6.92 Å². The lowest BCUT2D eigenvalue weighted by molar-refractivity contribution is 0.183.